The van der Waals surface area contributed by atoms with E-state index in [1.165, 1.54) is 44.4 Å². The van der Waals surface area contributed by atoms with E-state index in [9.17, 15) is 18.0 Å². The Morgan fingerprint density at radius 1 is 1.10 bits per heavy atom. The number of benzene rings is 2. The smallest absolute Gasteiger partial charge is 0.338 e. The summed E-state index contributed by atoms with van der Waals surface area (Å²) in [6, 6.07) is 10.6. The van der Waals surface area contributed by atoms with Crippen molar-refractivity contribution in [1.82, 2.24) is 4.31 Å². The molecule has 1 heterocycles. The molecule has 3 aromatic rings. The van der Waals surface area contributed by atoms with Gasteiger partial charge < -0.3 is 9.15 Å². The van der Waals surface area contributed by atoms with Gasteiger partial charge in [-0.05, 0) is 60.4 Å². The van der Waals surface area contributed by atoms with Crippen molar-refractivity contribution in [3.63, 3.8) is 0 Å². The highest BCUT2D eigenvalue weighted by Crippen LogP contribution is 2.27. The SMILES string of the molecule is Cc1cc2oc(=O)cc(COC(=O)c3ccc(S(=O)(=O)N(C)C)cc3)c2cc1C(C)C. The minimum absolute atomic E-state index is 0.0808. The van der Waals surface area contributed by atoms with E-state index >= 15 is 0 Å². The number of aryl methyl sites for hydroxylation is 1. The highest BCUT2D eigenvalue weighted by Gasteiger charge is 2.18. The molecule has 3 rings (SSSR count). The van der Waals surface area contributed by atoms with Crippen molar-refractivity contribution in [2.45, 2.75) is 38.2 Å². The highest BCUT2D eigenvalue weighted by atomic mass is 32.2. The van der Waals surface area contributed by atoms with Crippen LogP contribution in [0.15, 0.2) is 56.6 Å². The second kappa shape index (κ2) is 8.64. The lowest BCUT2D eigenvalue weighted by Crippen LogP contribution is -2.22. The van der Waals surface area contributed by atoms with Crippen LogP contribution in [0.1, 0.15) is 46.8 Å². The first-order valence-electron chi connectivity index (χ1n) is 9.77. The maximum absolute atomic E-state index is 12.5. The van der Waals surface area contributed by atoms with E-state index in [-0.39, 0.29) is 23.0 Å². The van der Waals surface area contributed by atoms with Crippen molar-refractivity contribution < 1.29 is 22.4 Å². The van der Waals surface area contributed by atoms with Crippen LogP contribution in [0.4, 0.5) is 0 Å². The van der Waals surface area contributed by atoms with Crippen LogP contribution in [0.3, 0.4) is 0 Å². The van der Waals surface area contributed by atoms with Crippen LogP contribution in [-0.2, 0) is 21.4 Å². The monoisotopic (exact) mass is 443 g/mol. The Balaban J connectivity index is 1.86. The van der Waals surface area contributed by atoms with Crippen LogP contribution in [0.5, 0.6) is 0 Å². The lowest BCUT2D eigenvalue weighted by Gasteiger charge is -2.13. The van der Waals surface area contributed by atoms with E-state index in [1.807, 2.05) is 19.1 Å². The number of esters is 1. The minimum Gasteiger partial charge on any atom is -0.457 e. The van der Waals surface area contributed by atoms with Crippen molar-refractivity contribution in [3.05, 3.63) is 75.1 Å². The number of hydrogen-bond acceptors (Lipinski definition) is 6. The number of hydrogen-bond donors (Lipinski definition) is 0. The predicted molar refractivity (Wildman–Crippen MR) is 118 cm³/mol. The number of carbonyl (C=O) groups excluding carboxylic acids is 1. The maximum Gasteiger partial charge on any atom is 0.338 e. The molecular formula is C23H25NO6S. The average Bonchev–Trinajstić information content (AvgIpc) is 2.70. The lowest BCUT2D eigenvalue weighted by molar-refractivity contribution is 0.0473. The number of sulfonamides is 1. The van der Waals surface area contributed by atoms with Crippen molar-refractivity contribution in [2.75, 3.05) is 14.1 Å². The molecule has 1 aromatic heterocycles. The summed E-state index contributed by atoms with van der Waals surface area (Å²) in [6.45, 7) is 6.00. The van der Waals surface area contributed by atoms with E-state index < -0.39 is 21.6 Å². The van der Waals surface area contributed by atoms with Gasteiger partial charge in [0.25, 0.3) is 0 Å². The van der Waals surface area contributed by atoms with Crippen LogP contribution >= 0.6 is 0 Å². The molecule has 0 amide bonds. The quantitative estimate of drug-likeness (QED) is 0.425. The summed E-state index contributed by atoms with van der Waals surface area (Å²) in [4.78, 5) is 24.5. The highest BCUT2D eigenvalue weighted by molar-refractivity contribution is 7.89. The zero-order valence-electron chi connectivity index (χ0n) is 18.1. The number of rotatable bonds is 6. The van der Waals surface area contributed by atoms with Gasteiger partial charge in [0.1, 0.15) is 12.2 Å². The number of carbonyl (C=O) groups is 1. The predicted octanol–water partition coefficient (Wildman–Crippen LogP) is 3.83. The summed E-state index contributed by atoms with van der Waals surface area (Å²) >= 11 is 0. The summed E-state index contributed by atoms with van der Waals surface area (Å²) in [7, 11) is -0.712. The first kappa shape index (κ1) is 22.7. The van der Waals surface area contributed by atoms with Crippen LogP contribution in [-0.4, -0.2) is 32.8 Å². The van der Waals surface area contributed by atoms with Crippen molar-refractivity contribution in [2.24, 2.45) is 0 Å². The van der Waals surface area contributed by atoms with Gasteiger partial charge >= 0.3 is 11.6 Å². The third kappa shape index (κ3) is 4.70. The molecule has 0 atom stereocenters. The number of ether oxygens (including phenoxy) is 1. The second-order valence-electron chi connectivity index (χ2n) is 7.84. The summed E-state index contributed by atoms with van der Waals surface area (Å²) < 4.78 is 36.1. The summed E-state index contributed by atoms with van der Waals surface area (Å²) in [5.74, 6) is -0.338. The van der Waals surface area contributed by atoms with E-state index in [2.05, 4.69) is 13.8 Å². The van der Waals surface area contributed by atoms with Crippen LogP contribution in [0.25, 0.3) is 11.0 Å². The summed E-state index contributed by atoms with van der Waals surface area (Å²) in [5.41, 5.74) is 2.82. The second-order valence-corrected chi connectivity index (χ2v) is 9.99. The molecule has 0 bridgehead atoms. The standard InChI is InChI=1S/C23H25NO6S/c1-14(2)19-12-20-17(11-22(25)30-21(20)10-15(19)3)13-29-23(26)16-6-8-18(9-7-16)31(27,28)24(4)5/h6-12,14H,13H2,1-5H3. The third-order valence-electron chi connectivity index (χ3n) is 5.07. The molecule has 0 unspecified atom stereocenters. The Hall–Kier alpha value is -2.97. The molecule has 8 heteroatoms. The van der Waals surface area contributed by atoms with Crippen LogP contribution < -0.4 is 5.63 Å². The molecule has 7 nitrogen and oxygen atoms in total. The molecule has 31 heavy (non-hydrogen) atoms. The molecule has 0 spiro atoms. The Bertz CT molecular complexity index is 1290. The van der Waals surface area contributed by atoms with E-state index in [0.29, 0.717) is 16.5 Å². The molecule has 0 radical (unpaired) electrons. The van der Waals surface area contributed by atoms with Gasteiger partial charge in [-0.3, -0.25) is 0 Å². The normalized spacial score (nSPS) is 12.0. The van der Waals surface area contributed by atoms with E-state index in [4.69, 9.17) is 9.15 Å². The van der Waals surface area contributed by atoms with Gasteiger partial charge in [-0.25, -0.2) is 22.3 Å². The van der Waals surface area contributed by atoms with Crippen molar-refractivity contribution in [1.29, 1.82) is 0 Å². The minimum atomic E-state index is -3.58. The summed E-state index contributed by atoms with van der Waals surface area (Å²) in [5, 5.41) is 0.717. The molecule has 0 aliphatic carbocycles. The molecular weight excluding hydrogens is 418 g/mol. The number of nitrogens with zero attached hydrogens (tertiary/aromatic N) is 1. The average molecular weight is 444 g/mol. The Kier molecular flexibility index (Phi) is 6.33. The van der Waals surface area contributed by atoms with Crippen molar-refractivity contribution >= 4 is 27.0 Å². The van der Waals surface area contributed by atoms with Gasteiger partial charge in [0.15, 0.2) is 0 Å². The molecule has 164 valence electrons. The van der Waals surface area contributed by atoms with Crippen molar-refractivity contribution in [3.8, 4) is 0 Å². The Labute approximate surface area is 181 Å². The molecule has 0 N–H and O–H groups in total. The Morgan fingerprint density at radius 2 is 1.74 bits per heavy atom. The molecule has 0 fully saturated rings. The maximum atomic E-state index is 12.5. The molecule has 2 aromatic carbocycles. The zero-order valence-corrected chi connectivity index (χ0v) is 18.9. The number of fused-ring (bicyclic) bond motifs is 1. The van der Waals surface area contributed by atoms with Gasteiger partial charge in [-0.1, -0.05) is 13.8 Å². The van der Waals surface area contributed by atoms with Gasteiger partial charge in [0.2, 0.25) is 10.0 Å². The topological polar surface area (TPSA) is 93.9 Å². The molecule has 0 saturated carbocycles. The fourth-order valence-corrected chi connectivity index (χ4v) is 4.23. The first-order valence-corrected chi connectivity index (χ1v) is 11.2. The van der Waals surface area contributed by atoms with Gasteiger partial charge in [0.05, 0.1) is 10.5 Å². The van der Waals surface area contributed by atoms with Gasteiger partial charge in [0, 0.05) is 31.1 Å². The third-order valence-corrected chi connectivity index (χ3v) is 6.90. The largest absolute Gasteiger partial charge is 0.457 e. The molecule has 0 aliphatic heterocycles. The van der Waals surface area contributed by atoms with Crippen LogP contribution in [0, 0.1) is 6.92 Å². The lowest BCUT2D eigenvalue weighted by atomic mass is 9.95. The first-order chi connectivity index (χ1) is 14.5. The summed E-state index contributed by atoms with van der Waals surface area (Å²) in [6.07, 6.45) is 0. The van der Waals surface area contributed by atoms with Gasteiger partial charge in [-0.2, -0.15) is 0 Å². The van der Waals surface area contributed by atoms with E-state index in [0.717, 1.165) is 15.4 Å². The van der Waals surface area contributed by atoms with Gasteiger partial charge in [-0.15, -0.1) is 0 Å². The molecule has 0 saturated heterocycles. The fraction of sp³-hybridized carbons (Fsp3) is 0.304. The Morgan fingerprint density at radius 3 is 2.32 bits per heavy atom. The van der Waals surface area contributed by atoms with E-state index in [1.54, 1.807) is 0 Å². The fourth-order valence-electron chi connectivity index (χ4n) is 3.33. The zero-order chi connectivity index (χ0) is 22.9. The van der Waals surface area contributed by atoms with Crippen LogP contribution in [0.2, 0.25) is 0 Å². The molecule has 0 aliphatic rings.